The third-order valence-corrected chi connectivity index (χ3v) is 5.35. The lowest BCUT2D eigenvalue weighted by Crippen LogP contribution is -2.45. The average molecular weight is 364 g/mol. The number of nitrogens with one attached hydrogen (secondary N) is 1. The molecule has 4 rings (SSSR count). The first-order valence-electron chi connectivity index (χ1n) is 9.80. The van der Waals surface area contributed by atoms with Crippen LogP contribution in [0.5, 0.6) is 0 Å². The molecule has 0 heterocycles. The summed E-state index contributed by atoms with van der Waals surface area (Å²) in [6.45, 7) is 2.24. The van der Waals surface area contributed by atoms with E-state index in [-0.39, 0.29) is 6.04 Å². The van der Waals surface area contributed by atoms with Crippen molar-refractivity contribution in [2.75, 3.05) is 0 Å². The number of hydrogen-bond donors (Lipinski definition) is 1. The monoisotopic (exact) mass is 363 g/mol. The Bertz CT molecular complexity index is 883. The maximum absolute atomic E-state index is 4.00. The molecular weight excluding hydrogens is 338 g/mol. The van der Waals surface area contributed by atoms with E-state index in [0.717, 1.165) is 0 Å². The Hall–Kier alpha value is -3.16. The summed E-state index contributed by atoms with van der Waals surface area (Å²) in [4.78, 5) is 0. The van der Waals surface area contributed by atoms with Gasteiger partial charge in [0.15, 0.2) is 0 Å². The Morgan fingerprint density at radius 1 is 0.500 bits per heavy atom. The molecule has 0 unspecified atom stereocenters. The van der Waals surface area contributed by atoms with Gasteiger partial charge in [-0.3, -0.25) is 5.32 Å². The van der Waals surface area contributed by atoms with E-state index in [9.17, 15) is 0 Å². The van der Waals surface area contributed by atoms with Gasteiger partial charge in [0.25, 0.3) is 0 Å². The number of hydrogen-bond acceptors (Lipinski definition) is 1. The Labute approximate surface area is 167 Å². The van der Waals surface area contributed by atoms with Crippen LogP contribution in [0.15, 0.2) is 121 Å². The zero-order valence-corrected chi connectivity index (χ0v) is 16.1. The summed E-state index contributed by atoms with van der Waals surface area (Å²) in [5.41, 5.74) is 4.52. The van der Waals surface area contributed by atoms with Gasteiger partial charge in [0.2, 0.25) is 0 Å². The smallest absolute Gasteiger partial charge is 0.0952 e. The van der Waals surface area contributed by atoms with Crippen molar-refractivity contribution in [3.63, 3.8) is 0 Å². The minimum absolute atomic E-state index is 0.168. The van der Waals surface area contributed by atoms with E-state index in [1.54, 1.807) is 0 Å². The lowest BCUT2D eigenvalue weighted by molar-refractivity contribution is 0.415. The van der Waals surface area contributed by atoms with Crippen LogP contribution >= 0.6 is 0 Å². The van der Waals surface area contributed by atoms with Gasteiger partial charge in [-0.05, 0) is 29.2 Å². The molecule has 0 amide bonds. The summed E-state index contributed by atoms with van der Waals surface area (Å²) in [7, 11) is 0. The minimum Gasteiger partial charge on any atom is -0.293 e. The van der Waals surface area contributed by atoms with Crippen LogP contribution in [0.1, 0.15) is 35.2 Å². The molecule has 0 fully saturated rings. The van der Waals surface area contributed by atoms with Crippen LogP contribution in [0.25, 0.3) is 0 Å². The molecule has 1 N–H and O–H groups in total. The van der Waals surface area contributed by atoms with Gasteiger partial charge in [0, 0.05) is 6.04 Å². The normalized spacial score (nSPS) is 12.5. The van der Waals surface area contributed by atoms with Crippen molar-refractivity contribution in [1.29, 1.82) is 0 Å². The first-order valence-corrected chi connectivity index (χ1v) is 9.80. The first-order chi connectivity index (χ1) is 13.8. The Balaban J connectivity index is 1.93. The van der Waals surface area contributed by atoms with Gasteiger partial charge in [-0.25, -0.2) is 0 Å². The van der Waals surface area contributed by atoms with E-state index in [1.807, 2.05) is 0 Å². The highest BCUT2D eigenvalue weighted by Gasteiger charge is 2.37. The van der Waals surface area contributed by atoms with Crippen LogP contribution in [-0.4, -0.2) is 0 Å². The van der Waals surface area contributed by atoms with E-state index in [4.69, 9.17) is 0 Å². The highest BCUT2D eigenvalue weighted by Crippen LogP contribution is 2.38. The molecule has 0 aromatic heterocycles. The molecule has 0 spiro atoms. The van der Waals surface area contributed by atoms with E-state index in [1.165, 1.54) is 22.3 Å². The lowest BCUT2D eigenvalue weighted by Gasteiger charge is -2.39. The molecule has 1 heteroatoms. The summed E-state index contributed by atoms with van der Waals surface area (Å²) in [6, 6.07) is 43.0. The molecule has 28 heavy (non-hydrogen) atoms. The standard InChI is InChI=1S/C27H25N/c1-22(23-14-6-2-7-15-23)28-27(24-16-8-3-9-17-24,25-18-10-4-11-19-25)26-20-12-5-13-21-26/h2-22,28H,1H3/t22-/m1/s1. The van der Waals surface area contributed by atoms with Gasteiger partial charge in [0.1, 0.15) is 0 Å². The zero-order chi connectivity index (χ0) is 19.2. The van der Waals surface area contributed by atoms with E-state index < -0.39 is 5.54 Å². The van der Waals surface area contributed by atoms with Crippen LogP contribution < -0.4 is 5.32 Å². The van der Waals surface area contributed by atoms with Crippen molar-refractivity contribution in [3.8, 4) is 0 Å². The van der Waals surface area contributed by atoms with Crippen LogP contribution in [0.3, 0.4) is 0 Å². The van der Waals surface area contributed by atoms with Crippen molar-refractivity contribution in [2.45, 2.75) is 18.5 Å². The minimum atomic E-state index is -0.445. The summed E-state index contributed by atoms with van der Waals surface area (Å²) in [6.07, 6.45) is 0. The molecule has 0 aliphatic heterocycles. The molecule has 1 nitrogen and oxygen atoms in total. The fraction of sp³-hybridized carbons (Fsp3) is 0.111. The molecular formula is C27H25N. The van der Waals surface area contributed by atoms with E-state index in [2.05, 4.69) is 134 Å². The van der Waals surface area contributed by atoms with Crippen molar-refractivity contribution in [2.24, 2.45) is 0 Å². The maximum atomic E-state index is 4.00. The van der Waals surface area contributed by atoms with E-state index in [0.29, 0.717) is 0 Å². The summed E-state index contributed by atoms with van der Waals surface area (Å²) in [5.74, 6) is 0. The van der Waals surface area contributed by atoms with Crippen LogP contribution in [-0.2, 0) is 5.54 Å². The van der Waals surface area contributed by atoms with Gasteiger partial charge >= 0.3 is 0 Å². The highest BCUT2D eigenvalue weighted by molar-refractivity contribution is 5.49. The Morgan fingerprint density at radius 3 is 1.18 bits per heavy atom. The third-order valence-electron chi connectivity index (χ3n) is 5.35. The molecule has 0 radical (unpaired) electrons. The SMILES string of the molecule is C[C@@H](NC(c1ccccc1)(c1ccccc1)c1ccccc1)c1ccccc1. The van der Waals surface area contributed by atoms with Crippen LogP contribution in [0.4, 0.5) is 0 Å². The van der Waals surface area contributed by atoms with Crippen molar-refractivity contribution >= 4 is 0 Å². The summed E-state index contributed by atoms with van der Waals surface area (Å²) in [5, 5.41) is 4.00. The molecule has 0 aliphatic carbocycles. The predicted molar refractivity (Wildman–Crippen MR) is 117 cm³/mol. The van der Waals surface area contributed by atoms with Gasteiger partial charge in [-0.15, -0.1) is 0 Å². The predicted octanol–water partition coefficient (Wildman–Crippen LogP) is 6.33. The molecule has 0 saturated carbocycles. The van der Waals surface area contributed by atoms with Gasteiger partial charge in [-0.2, -0.15) is 0 Å². The third kappa shape index (κ3) is 3.49. The van der Waals surface area contributed by atoms with Gasteiger partial charge in [-0.1, -0.05) is 121 Å². The van der Waals surface area contributed by atoms with Gasteiger partial charge in [0.05, 0.1) is 5.54 Å². The number of benzene rings is 4. The average Bonchev–Trinajstić information content (AvgIpc) is 2.80. The molecule has 4 aromatic carbocycles. The largest absolute Gasteiger partial charge is 0.293 e. The van der Waals surface area contributed by atoms with Crippen LogP contribution in [0, 0.1) is 0 Å². The molecule has 4 aromatic rings. The Morgan fingerprint density at radius 2 is 0.821 bits per heavy atom. The maximum Gasteiger partial charge on any atom is 0.0952 e. The van der Waals surface area contributed by atoms with Gasteiger partial charge < -0.3 is 0 Å². The summed E-state index contributed by atoms with van der Waals surface area (Å²) < 4.78 is 0. The molecule has 0 aliphatic rings. The van der Waals surface area contributed by atoms with Crippen LogP contribution in [0.2, 0.25) is 0 Å². The molecule has 0 saturated heterocycles. The second kappa shape index (κ2) is 8.24. The second-order valence-corrected chi connectivity index (χ2v) is 7.12. The van der Waals surface area contributed by atoms with Crippen molar-refractivity contribution < 1.29 is 0 Å². The highest BCUT2D eigenvalue weighted by atomic mass is 15.0. The van der Waals surface area contributed by atoms with E-state index >= 15 is 0 Å². The molecule has 138 valence electrons. The van der Waals surface area contributed by atoms with Crippen molar-refractivity contribution in [3.05, 3.63) is 144 Å². The quantitative estimate of drug-likeness (QED) is 0.395. The fourth-order valence-electron chi connectivity index (χ4n) is 3.96. The number of rotatable bonds is 6. The molecule has 0 bridgehead atoms. The molecule has 1 atom stereocenters. The fourth-order valence-corrected chi connectivity index (χ4v) is 3.96. The van der Waals surface area contributed by atoms with Crippen molar-refractivity contribution in [1.82, 2.24) is 5.32 Å². The second-order valence-electron chi connectivity index (χ2n) is 7.12. The Kier molecular flexibility index (Phi) is 5.36. The topological polar surface area (TPSA) is 12.0 Å². The first kappa shape index (κ1) is 18.2. The summed E-state index contributed by atoms with van der Waals surface area (Å²) >= 11 is 0. The lowest BCUT2D eigenvalue weighted by atomic mass is 9.76. The zero-order valence-electron chi connectivity index (χ0n) is 16.1.